The molecule has 10 heavy (non-hydrogen) atoms. The van der Waals surface area contributed by atoms with E-state index in [1.807, 2.05) is 0 Å². The minimum Gasteiger partial charge on any atom is -0.512 e. The van der Waals surface area contributed by atoms with E-state index in [4.69, 9.17) is 10.5 Å². The van der Waals surface area contributed by atoms with Crippen LogP contribution >= 0.6 is 0 Å². The molecule has 0 aromatic rings. The molecule has 56 valence electrons. The van der Waals surface area contributed by atoms with Gasteiger partial charge in [-0.25, -0.2) is 0 Å². The van der Waals surface area contributed by atoms with Crippen molar-refractivity contribution in [2.75, 3.05) is 0 Å². The average molecular weight is 141 g/mol. The van der Waals surface area contributed by atoms with Gasteiger partial charge in [0.15, 0.2) is 5.78 Å². The minimum atomic E-state index is -0.271. The predicted molar refractivity (Wildman–Crippen MR) is 39.4 cm³/mol. The van der Waals surface area contributed by atoms with E-state index in [1.165, 1.54) is 20.8 Å². The van der Waals surface area contributed by atoms with Gasteiger partial charge in [-0.3, -0.25) is 4.79 Å². The van der Waals surface area contributed by atoms with Crippen molar-refractivity contribution in [3.05, 3.63) is 11.3 Å². The maximum Gasteiger partial charge on any atom is 0.164 e. The molecule has 0 fully saturated rings. The topological polar surface area (TPSA) is 61.2 Å². The van der Waals surface area contributed by atoms with Crippen molar-refractivity contribution >= 4 is 11.5 Å². The molecule has 0 heterocycles. The molecule has 3 heteroatoms. The minimum absolute atomic E-state index is 0.0833. The fourth-order valence-corrected chi connectivity index (χ4v) is 0.790. The van der Waals surface area contributed by atoms with Crippen molar-refractivity contribution in [3.8, 4) is 0 Å². The van der Waals surface area contributed by atoms with Gasteiger partial charge in [0.25, 0.3) is 0 Å². The van der Waals surface area contributed by atoms with Crippen LogP contribution in [0.25, 0.3) is 0 Å². The molecule has 0 atom stereocenters. The maximum absolute atomic E-state index is 10.7. The standard InChI is InChI=1S/C7H11NO2/c1-4(8)7(5(2)9)6(3)10/h8-9H,1-3H3/b7-5+,8-4?. The van der Waals surface area contributed by atoms with Crippen LogP contribution in [0, 0.1) is 5.41 Å². The van der Waals surface area contributed by atoms with E-state index in [0.29, 0.717) is 0 Å². The third kappa shape index (κ3) is 2.01. The second kappa shape index (κ2) is 3.15. The molecule has 0 bridgehead atoms. The van der Waals surface area contributed by atoms with Crippen LogP contribution in [0.15, 0.2) is 11.3 Å². The summed E-state index contributed by atoms with van der Waals surface area (Å²) >= 11 is 0. The lowest BCUT2D eigenvalue weighted by atomic mass is 10.1. The summed E-state index contributed by atoms with van der Waals surface area (Å²) in [6, 6.07) is 0. The van der Waals surface area contributed by atoms with Crippen LogP contribution in [-0.4, -0.2) is 16.6 Å². The van der Waals surface area contributed by atoms with Crippen LogP contribution in [0.5, 0.6) is 0 Å². The second-order valence-electron chi connectivity index (χ2n) is 2.14. The van der Waals surface area contributed by atoms with Crippen molar-refractivity contribution in [2.45, 2.75) is 20.8 Å². The third-order valence-corrected chi connectivity index (χ3v) is 1.09. The summed E-state index contributed by atoms with van der Waals surface area (Å²) in [5.74, 6) is -0.354. The highest BCUT2D eigenvalue weighted by atomic mass is 16.3. The maximum atomic E-state index is 10.7. The molecule has 0 radical (unpaired) electrons. The number of ketones is 1. The van der Waals surface area contributed by atoms with Gasteiger partial charge in [-0.15, -0.1) is 0 Å². The van der Waals surface area contributed by atoms with E-state index in [9.17, 15) is 4.79 Å². The Morgan fingerprint density at radius 3 is 1.70 bits per heavy atom. The summed E-state index contributed by atoms with van der Waals surface area (Å²) in [7, 11) is 0. The van der Waals surface area contributed by atoms with E-state index >= 15 is 0 Å². The van der Waals surface area contributed by atoms with Gasteiger partial charge >= 0.3 is 0 Å². The van der Waals surface area contributed by atoms with Crippen molar-refractivity contribution < 1.29 is 9.90 Å². The molecule has 0 amide bonds. The normalized spacial score (nSPS) is 12.3. The Labute approximate surface area is 59.9 Å². The van der Waals surface area contributed by atoms with Gasteiger partial charge in [-0.05, 0) is 20.8 Å². The zero-order valence-corrected chi connectivity index (χ0v) is 6.36. The number of rotatable bonds is 2. The highest BCUT2D eigenvalue weighted by Gasteiger charge is 2.08. The number of allylic oxidation sites excluding steroid dienone is 2. The molecule has 3 nitrogen and oxygen atoms in total. The Bertz CT molecular complexity index is 184. The molecule has 0 aliphatic heterocycles. The van der Waals surface area contributed by atoms with Crippen LogP contribution < -0.4 is 0 Å². The van der Waals surface area contributed by atoms with Gasteiger partial charge in [-0.2, -0.15) is 0 Å². The van der Waals surface area contributed by atoms with Crippen LogP contribution in [0.2, 0.25) is 0 Å². The van der Waals surface area contributed by atoms with E-state index in [1.54, 1.807) is 0 Å². The van der Waals surface area contributed by atoms with Gasteiger partial charge in [0.2, 0.25) is 0 Å². The van der Waals surface area contributed by atoms with E-state index in [0.717, 1.165) is 0 Å². The van der Waals surface area contributed by atoms with E-state index < -0.39 is 0 Å². The number of aliphatic hydroxyl groups is 1. The highest BCUT2D eigenvalue weighted by Crippen LogP contribution is 2.03. The average Bonchev–Trinajstić information content (AvgIpc) is 1.59. The van der Waals surface area contributed by atoms with Crippen LogP contribution in [0.4, 0.5) is 0 Å². The van der Waals surface area contributed by atoms with Gasteiger partial charge in [0.1, 0.15) is 5.76 Å². The molecule has 0 rings (SSSR count). The first-order valence-electron chi connectivity index (χ1n) is 2.93. The number of carbonyl (C=O) groups is 1. The monoisotopic (exact) mass is 141 g/mol. The molecular weight excluding hydrogens is 130 g/mol. The molecule has 2 N–H and O–H groups in total. The van der Waals surface area contributed by atoms with E-state index in [2.05, 4.69) is 0 Å². The molecule has 0 aromatic carbocycles. The SMILES string of the molecule is CC(=N)/C(C(C)=O)=C(/C)O. The van der Waals surface area contributed by atoms with Crippen molar-refractivity contribution in [1.82, 2.24) is 0 Å². The molecule has 0 aromatic heterocycles. The van der Waals surface area contributed by atoms with Gasteiger partial charge in [-0.1, -0.05) is 0 Å². The fourth-order valence-electron chi connectivity index (χ4n) is 0.790. The van der Waals surface area contributed by atoms with Crippen molar-refractivity contribution in [1.29, 1.82) is 5.41 Å². The third-order valence-electron chi connectivity index (χ3n) is 1.09. The second-order valence-corrected chi connectivity index (χ2v) is 2.14. The first kappa shape index (κ1) is 8.88. The zero-order chi connectivity index (χ0) is 8.31. The molecule has 0 unspecified atom stereocenters. The Morgan fingerprint density at radius 2 is 1.70 bits per heavy atom. The van der Waals surface area contributed by atoms with Crippen LogP contribution in [0.3, 0.4) is 0 Å². The fraction of sp³-hybridized carbons (Fsp3) is 0.429. The first-order valence-corrected chi connectivity index (χ1v) is 2.93. The van der Waals surface area contributed by atoms with Gasteiger partial charge in [0, 0.05) is 5.71 Å². The molecular formula is C7H11NO2. The summed E-state index contributed by atoms with van der Waals surface area (Å²) < 4.78 is 0. The van der Waals surface area contributed by atoms with Gasteiger partial charge in [0.05, 0.1) is 5.57 Å². The van der Waals surface area contributed by atoms with Crippen molar-refractivity contribution in [2.24, 2.45) is 0 Å². The largest absolute Gasteiger partial charge is 0.512 e. The first-order chi connectivity index (χ1) is 4.46. The number of hydrogen-bond acceptors (Lipinski definition) is 3. The Morgan fingerprint density at radius 1 is 1.30 bits per heavy atom. The quantitative estimate of drug-likeness (QED) is 0.347. The predicted octanol–water partition coefficient (Wildman–Crippen LogP) is 1.45. The molecule has 0 aliphatic rings. The number of hydrogen-bond donors (Lipinski definition) is 2. The molecule has 0 aliphatic carbocycles. The highest BCUT2D eigenvalue weighted by molar-refractivity contribution is 6.19. The van der Waals surface area contributed by atoms with Crippen molar-refractivity contribution in [3.63, 3.8) is 0 Å². The van der Waals surface area contributed by atoms with E-state index in [-0.39, 0.29) is 22.8 Å². The Hall–Kier alpha value is -1.12. The summed E-state index contributed by atoms with van der Waals surface area (Å²) in [5.41, 5.74) is 0.215. The summed E-state index contributed by atoms with van der Waals surface area (Å²) in [5, 5.41) is 15.9. The Balaban J connectivity index is 4.79. The zero-order valence-electron chi connectivity index (χ0n) is 6.36. The molecule has 0 spiro atoms. The summed E-state index contributed by atoms with van der Waals surface area (Å²) in [6.45, 7) is 4.19. The number of carbonyl (C=O) groups excluding carboxylic acids is 1. The molecule has 0 saturated carbocycles. The summed E-state index contributed by atoms with van der Waals surface area (Å²) in [6.07, 6.45) is 0. The number of Topliss-reactive ketones (excluding diaryl/α,β-unsaturated/α-hetero) is 1. The van der Waals surface area contributed by atoms with Crippen LogP contribution in [0.1, 0.15) is 20.8 Å². The lowest BCUT2D eigenvalue weighted by Gasteiger charge is -2.00. The van der Waals surface area contributed by atoms with Crippen LogP contribution in [-0.2, 0) is 4.79 Å². The Kier molecular flexibility index (Phi) is 2.80. The lowest BCUT2D eigenvalue weighted by molar-refractivity contribution is -0.113. The number of nitrogens with one attached hydrogen (secondary N) is 1. The van der Waals surface area contributed by atoms with Gasteiger partial charge < -0.3 is 10.5 Å². The lowest BCUT2D eigenvalue weighted by Crippen LogP contribution is -2.07. The smallest absolute Gasteiger partial charge is 0.164 e. The molecule has 0 saturated heterocycles. The summed E-state index contributed by atoms with van der Waals surface area (Å²) in [4.78, 5) is 10.7. The number of aliphatic hydroxyl groups excluding tert-OH is 1.